The highest BCUT2D eigenvalue weighted by Crippen LogP contribution is 2.33. The lowest BCUT2D eigenvalue weighted by Gasteiger charge is -2.35. The lowest BCUT2D eigenvalue weighted by molar-refractivity contribution is -0.148. The Balaban J connectivity index is 1.54. The van der Waals surface area contributed by atoms with Gasteiger partial charge < -0.3 is 34.1 Å². The van der Waals surface area contributed by atoms with Crippen molar-refractivity contribution in [3.05, 3.63) is 52.4 Å². The van der Waals surface area contributed by atoms with Crippen LogP contribution >= 0.6 is 0 Å². The van der Waals surface area contributed by atoms with Crippen LogP contribution in [0.1, 0.15) is 75.5 Å². The van der Waals surface area contributed by atoms with Gasteiger partial charge in [0.2, 0.25) is 11.7 Å². The molecule has 1 aromatic heterocycles. The number of piperazine rings is 1. The molecule has 276 valence electrons. The average molecular weight is 719 g/mol. The molecule has 0 aliphatic carbocycles. The number of rotatable bonds is 6. The Hall–Kier alpha value is -4.51. The highest BCUT2D eigenvalue weighted by molar-refractivity contribution is 5.94. The van der Waals surface area contributed by atoms with Gasteiger partial charge in [0.15, 0.2) is 17.3 Å². The quantitative estimate of drug-likeness (QED) is 0.334. The zero-order valence-corrected chi connectivity index (χ0v) is 28.5. The number of amides is 4. The SMILES string of the molecule is CC(C)(C)OC(=O)NC(CC(=O)N1CCn2c(C(F)(F)F)nc(C(=O)N3CCN(C(=O)OC(C)(C)C)CC3)c2C1)Cc1cc(F)c(F)cc1F. The molecule has 12 nitrogen and oxygen atoms in total. The van der Waals surface area contributed by atoms with Crippen molar-refractivity contribution in [2.45, 2.75) is 90.9 Å². The summed E-state index contributed by atoms with van der Waals surface area (Å²) in [4.78, 5) is 59.7. The number of ether oxygens (including phenoxy) is 2. The highest BCUT2D eigenvalue weighted by Gasteiger charge is 2.43. The van der Waals surface area contributed by atoms with E-state index >= 15 is 0 Å². The maximum Gasteiger partial charge on any atom is 0.449 e. The first-order valence-electron chi connectivity index (χ1n) is 15.9. The van der Waals surface area contributed by atoms with E-state index in [4.69, 9.17) is 9.47 Å². The largest absolute Gasteiger partial charge is 0.449 e. The summed E-state index contributed by atoms with van der Waals surface area (Å²) >= 11 is 0. The van der Waals surface area contributed by atoms with Gasteiger partial charge in [0, 0.05) is 57.8 Å². The van der Waals surface area contributed by atoms with Gasteiger partial charge in [-0.1, -0.05) is 0 Å². The van der Waals surface area contributed by atoms with Crippen LogP contribution in [0.5, 0.6) is 0 Å². The second-order valence-electron chi connectivity index (χ2n) is 14.1. The van der Waals surface area contributed by atoms with Crippen LogP contribution in [0.15, 0.2) is 12.1 Å². The molecule has 4 amide bonds. The van der Waals surface area contributed by atoms with Crippen LogP contribution in [-0.2, 0) is 40.0 Å². The van der Waals surface area contributed by atoms with Crippen molar-refractivity contribution in [3.63, 3.8) is 0 Å². The third-order valence-electron chi connectivity index (χ3n) is 7.73. The van der Waals surface area contributed by atoms with E-state index in [0.29, 0.717) is 12.1 Å². The summed E-state index contributed by atoms with van der Waals surface area (Å²) in [6.45, 7) is 8.89. The Labute approximate surface area is 284 Å². The van der Waals surface area contributed by atoms with Crippen LogP contribution in [-0.4, -0.2) is 98.2 Å². The number of benzene rings is 1. The smallest absolute Gasteiger partial charge is 0.444 e. The number of alkyl halides is 3. The third-order valence-corrected chi connectivity index (χ3v) is 7.73. The van der Waals surface area contributed by atoms with Crippen LogP contribution in [0.3, 0.4) is 0 Å². The number of aromatic nitrogens is 2. The van der Waals surface area contributed by atoms with Gasteiger partial charge >= 0.3 is 18.4 Å². The maximum atomic E-state index is 14.5. The van der Waals surface area contributed by atoms with Gasteiger partial charge in [0.1, 0.15) is 17.0 Å². The molecule has 1 atom stereocenters. The van der Waals surface area contributed by atoms with E-state index in [0.717, 1.165) is 4.57 Å². The zero-order valence-electron chi connectivity index (χ0n) is 28.5. The molecule has 18 heteroatoms. The lowest BCUT2D eigenvalue weighted by Crippen LogP contribution is -2.52. The highest BCUT2D eigenvalue weighted by atomic mass is 19.4. The van der Waals surface area contributed by atoms with Crippen molar-refractivity contribution in [2.24, 2.45) is 0 Å². The maximum absolute atomic E-state index is 14.5. The Morgan fingerprint density at radius 1 is 0.800 bits per heavy atom. The van der Waals surface area contributed by atoms with Crippen LogP contribution in [0.4, 0.5) is 35.9 Å². The summed E-state index contributed by atoms with van der Waals surface area (Å²) in [6.07, 6.45) is -7.50. The number of nitrogens with zero attached hydrogens (tertiary/aromatic N) is 5. The van der Waals surface area contributed by atoms with E-state index in [2.05, 4.69) is 10.3 Å². The molecule has 3 heterocycles. The number of hydrogen-bond acceptors (Lipinski definition) is 7. The molecule has 2 aromatic rings. The Bertz CT molecular complexity index is 1620. The van der Waals surface area contributed by atoms with Crippen molar-refractivity contribution in [2.75, 3.05) is 32.7 Å². The van der Waals surface area contributed by atoms with Gasteiger partial charge in [-0.15, -0.1) is 0 Å². The summed E-state index contributed by atoms with van der Waals surface area (Å²) in [7, 11) is 0. The third kappa shape index (κ3) is 9.59. The van der Waals surface area contributed by atoms with E-state index in [1.165, 1.54) is 14.7 Å². The molecule has 0 bridgehead atoms. The van der Waals surface area contributed by atoms with E-state index in [-0.39, 0.29) is 50.5 Å². The minimum absolute atomic E-state index is 0.00702. The molecule has 1 fully saturated rings. The molecule has 2 aliphatic heterocycles. The molecular weight excluding hydrogens is 678 g/mol. The summed E-state index contributed by atoms with van der Waals surface area (Å²) in [5.74, 6) is -6.73. The molecule has 2 aliphatic rings. The number of halogens is 6. The number of imidazole rings is 1. The predicted octanol–water partition coefficient (Wildman–Crippen LogP) is 4.88. The number of nitrogens with one attached hydrogen (secondary N) is 1. The second kappa shape index (κ2) is 14.4. The van der Waals surface area contributed by atoms with Crippen molar-refractivity contribution in [1.29, 1.82) is 0 Å². The summed E-state index contributed by atoms with van der Waals surface area (Å²) in [6, 6.07) is -0.282. The number of carbonyl (C=O) groups excluding carboxylic acids is 4. The molecule has 0 saturated carbocycles. The van der Waals surface area contributed by atoms with E-state index in [1.807, 2.05) is 0 Å². The van der Waals surface area contributed by atoms with E-state index in [1.54, 1.807) is 41.5 Å². The Morgan fingerprint density at radius 3 is 1.94 bits per heavy atom. The number of alkyl carbamates (subject to hydrolysis) is 1. The molecule has 1 N–H and O–H groups in total. The molecule has 1 saturated heterocycles. The van der Waals surface area contributed by atoms with E-state index < -0.39 is 95.8 Å². The number of carbonyl (C=O) groups is 4. The number of hydrogen-bond donors (Lipinski definition) is 1. The first kappa shape index (κ1) is 38.3. The van der Waals surface area contributed by atoms with Gasteiger partial charge in [-0.2, -0.15) is 13.2 Å². The monoisotopic (exact) mass is 718 g/mol. The molecule has 50 heavy (non-hydrogen) atoms. The lowest BCUT2D eigenvalue weighted by atomic mass is 10.0. The molecular formula is C32H40F6N6O6. The van der Waals surface area contributed by atoms with Crippen LogP contribution < -0.4 is 5.32 Å². The minimum Gasteiger partial charge on any atom is -0.444 e. The second-order valence-corrected chi connectivity index (χ2v) is 14.1. The van der Waals surface area contributed by atoms with Crippen LogP contribution in [0.25, 0.3) is 0 Å². The van der Waals surface area contributed by atoms with Crippen molar-refractivity contribution < 1.29 is 55.0 Å². The standard InChI is InChI=1S/C32H40F6N6O6/c1-30(2,3)49-28(47)39-19(13-18-14-21(34)22(35)16-20(18)33)15-24(45)43-11-12-44-23(17-43)25(40-27(44)32(36,37)38)26(46)41-7-9-42(10-8-41)29(48)50-31(4,5)6/h14,16,19H,7-13,15,17H2,1-6H3,(H,39,47). The van der Waals surface area contributed by atoms with Crippen LogP contribution in [0.2, 0.25) is 0 Å². The first-order valence-corrected chi connectivity index (χ1v) is 15.9. The summed E-state index contributed by atoms with van der Waals surface area (Å²) in [5, 5.41) is 2.44. The summed E-state index contributed by atoms with van der Waals surface area (Å²) < 4.78 is 95.6. The van der Waals surface area contributed by atoms with Crippen molar-refractivity contribution in [1.82, 2.24) is 29.6 Å². The normalized spacial score (nSPS) is 16.1. The van der Waals surface area contributed by atoms with Crippen LogP contribution in [0, 0.1) is 17.5 Å². The topological polar surface area (TPSA) is 126 Å². The Morgan fingerprint density at radius 2 is 1.36 bits per heavy atom. The van der Waals surface area contributed by atoms with Gasteiger partial charge in [0.05, 0.1) is 12.2 Å². The van der Waals surface area contributed by atoms with Crippen molar-refractivity contribution >= 4 is 24.0 Å². The van der Waals surface area contributed by atoms with Gasteiger partial charge in [-0.05, 0) is 59.6 Å². The molecule has 4 rings (SSSR count). The van der Waals surface area contributed by atoms with Gasteiger partial charge in [0.25, 0.3) is 5.91 Å². The molecule has 0 spiro atoms. The fraction of sp³-hybridized carbons (Fsp3) is 0.594. The molecule has 1 unspecified atom stereocenters. The average Bonchev–Trinajstić information content (AvgIpc) is 3.37. The Kier molecular flexibility index (Phi) is 11.0. The first-order chi connectivity index (χ1) is 23.0. The summed E-state index contributed by atoms with van der Waals surface area (Å²) in [5.41, 5.74) is -2.73. The molecule has 0 radical (unpaired) electrons. The fourth-order valence-electron chi connectivity index (χ4n) is 5.51. The fourth-order valence-corrected chi connectivity index (χ4v) is 5.51. The zero-order chi connectivity index (χ0) is 37.3. The van der Waals surface area contributed by atoms with Gasteiger partial charge in [-0.3, -0.25) is 9.59 Å². The van der Waals surface area contributed by atoms with Gasteiger partial charge in [-0.25, -0.2) is 27.7 Å². The van der Waals surface area contributed by atoms with Crippen molar-refractivity contribution in [3.8, 4) is 0 Å². The molecule has 1 aromatic carbocycles. The number of fused-ring (bicyclic) bond motifs is 1. The predicted molar refractivity (Wildman–Crippen MR) is 164 cm³/mol. The minimum atomic E-state index is -4.92. The van der Waals surface area contributed by atoms with E-state index in [9.17, 15) is 45.5 Å².